The number of nitrogens with one attached hydrogen (secondary N) is 1. The molecule has 0 atom stereocenters. The molecule has 2 aromatic rings. The first-order valence-corrected chi connectivity index (χ1v) is 8.93. The number of hydrogen-bond donors (Lipinski definition) is 1. The van der Waals surface area contributed by atoms with Crippen molar-refractivity contribution in [2.75, 3.05) is 25.6 Å². The Morgan fingerprint density at radius 3 is 2.22 bits per heavy atom. The molecule has 27 heavy (non-hydrogen) atoms. The van der Waals surface area contributed by atoms with Gasteiger partial charge < -0.3 is 10.1 Å². The summed E-state index contributed by atoms with van der Waals surface area (Å²) in [6.45, 7) is 6.48. The molecule has 0 saturated heterocycles. The summed E-state index contributed by atoms with van der Waals surface area (Å²) < 4.78 is 5.06. The van der Waals surface area contributed by atoms with Crippen LogP contribution in [0.4, 0.5) is 5.69 Å². The molecule has 0 bridgehead atoms. The topological polar surface area (TPSA) is 58.6 Å². The van der Waals surface area contributed by atoms with Gasteiger partial charge in [0.2, 0.25) is 0 Å². The average molecular weight is 364 g/mol. The van der Waals surface area contributed by atoms with E-state index < -0.39 is 0 Å². The highest BCUT2D eigenvalue weighted by atomic mass is 16.5. The number of carbonyl (C=O) groups is 2. The maximum absolute atomic E-state index is 13.1. The Morgan fingerprint density at radius 2 is 1.59 bits per heavy atom. The van der Waals surface area contributed by atoms with Crippen LogP contribution in [0.25, 0.3) is 5.57 Å². The summed E-state index contributed by atoms with van der Waals surface area (Å²) in [5.41, 5.74) is 5.46. The molecule has 5 nitrogen and oxygen atoms in total. The largest absolute Gasteiger partial charge is 0.383 e. The van der Waals surface area contributed by atoms with Crippen molar-refractivity contribution in [2.24, 2.45) is 0 Å². The number of ether oxygens (including phenoxy) is 1. The first kappa shape index (κ1) is 18.9. The summed E-state index contributed by atoms with van der Waals surface area (Å²) in [6, 6.07) is 13.6. The average Bonchev–Trinajstić information content (AvgIpc) is 2.86. The number of benzene rings is 2. The number of amides is 2. The minimum Gasteiger partial charge on any atom is -0.383 e. The van der Waals surface area contributed by atoms with Crippen molar-refractivity contribution in [3.05, 3.63) is 70.4 Å². The zero-order valence-electron chi connectivity index (χ0n) is 16.1. The fourth-order valence-electron chi connectivity index (χ4n) is 3.20. The normalized spacial score (nSPS) is 14.3. The molecule has 0 radical (unpaired) electrons. The van der Waals surface area contributed by atoms with Gasteiger partial charge in [-0.3, -0.25) is 14.5 Å². The molecular formula is C22H24N2O3. The van der Waals surface area contributed by atoms with Gasteiger partial charge >= 0.3 is 0 Å². The number of aryl methyl sites for hydroxylation is 3. The van der Waals surface area contributed by atoms with Gasteiger partial charge in [0.15, 0.2) is 0 Å². The van der Waals surface area contributed by atoms with E-state index >= 15 is 0 Å². The lowest BCUT2D eigenvalue weighted by atomic mass is 9.97. The van der Waals surface area contributed by atoms with Crippen molar-refractivity contribution in [3.8, 4) is 0 Å². The second-order valence-electron chi connectivity index (χ2n) is 6.81. The van der Waals surface area contributed by atoms with Crippen molar-refractivity contribution in [2.45, 2.75) is 20.8 Å². The first-order valence-electron chi connectivity index (χ1n) is 8.93. The van der Waals surface area contributed by atoms with Crippen LogP contribution in [-0.2, 0) is 14.3 Å². The Bertz CT molecular complexity index is 914. The van der Waals surface area contributed by atoms with E-state index in [0.717, 1.165) is 27.9 Å². The Hall–Kier alpha value is -2.92. The highest BCUT2D eigenvalue weighted by Crippen LogP contribution is 2.32. The van der Waals surface area contributed by atoms with Gasteiger partial charge in [-0.25, -0.2) is 0 Å². The highest BCUT2D eigenvalue weighted by Gasteiger charge is 2.39. The van der Waals surface area contributed by atoms with Gasteiger partial charge in [-0.15, -0.1) is 0 Å². The van der Waals surface area contributed by atoms with Crippen molar-refractivity contribution in [3.63, 3.8) is 0 Å². The second-order valence-corrected chi connectivity index (χ2v) is 6.81. The Kier molecular flexibility index (Phi) is 5.42. The summed E-state index contributed by atoms with van der Waals surface area (Å²) in [5, 5.41) is 3.17. The lowest BCUT2D eigenvalue weighted by Gasteiger charge is -2.14. The molecule has 1 heterocycles. The van der Waals surface area contributed by atoms with Gasteiger partial charge in [0.05, 0.1) is 18.7 Å². The fraction of sp³-hybridized carbons (Fsp3) is 0.273. The molecule has 1 N–H and O–H groups in total. The van der Waals surface area contributed by atoms with Crippen LogP contribution in [0.15, 0.2) is 48.2 Å². The van der Waals surface area contributed by atoms with Crippen molar-refractivity contribution in [1.82, 2.24) is 4.90 Å². The maximum Gasteiger partial charge on any atom is 0.278 e. The third-order valence-corrected chi connectivity index (χ3v) is 4.66. The number of imide groups is 1. The van der Waals surface area contributed by atoms with E-state index in [2.05, 4.69) is 5.32 Å². The molecule has 140 valence electrons. The minimum atomic E-state index is -0.326. The lowest BCUT2D eigenvalue weighted by molar-refractivity contribution is -0.137. The predicted octanol–water partition coefficient (Wildman–Crippen LogP) is 3.45. The predicted molar refractivity (Wildman–Crippen MR) is 106 cm³/mol. The number of anilines is 1. The van der Waals surface area contributed by atoms with Gasteiger partial charge in [-0.05, 0) is 44.0 Å². The molecule has 1 aliphatic heterocycles. The Labute approximate surface area is 159 Å². The molecule has 0 fully saturated rings. The van der Waals surface area contributed by atoms with Crippen LogP contribution < -0.4 is 5.32 Å². The molecule has 3 rings (SSSR count). The summed E-state index contributed by atoms with van der Waals surface area (Å²) in [5.74, 6) is -0.619. The van der Waals surface area contributed by atoms with Crippen LogP contribution >= 0.6 is 0 Å². The maximum atomic E-state index is 13.1. The molecule has 0 aromatic heterocycles. The van der Waals surface area contributed by atoms with Crippen LogP contribution in [0.3, 0.4) is 0 Å². The number of rotatable bonds is 6. The molecule has 5 heteroatoms. The second kappa shape index (κ2) is 7.76. The van der Waals surface area contributed by atoms with Crippen LogP contribution in [-0.4, -0.2) is 37.0 Å². The SMILES string of the molecule is COCCN1C(=O)C(Nc2ccc(C)cc2)=C(c2ccc(C)cc2C)C1=O. The van der Waals surface area contributed by atoms with Crippen molar-refractivity contribution < 1.29 is 14.3 Å². The zero-order valence-corrected chi connectivity index (χ0v) is 16.1. The van der Waals surface area contributed by atoms with Gasteiger partial charge in [0.25, 0.3) is 11.8 Å². The fourth-order valence-corrected chi connectivity index (χ4v) is 3.20. The number of hydrogen-bond acceptors (Lipinski definition) is 4. The highest BCUT2D eigenvalue weighted by molar-refractivity contribution is 6.36. The summed E-state index contributed by atoms with van der Waals surface area (Å²) in [4.78, 5) is 27.3. The van der Waals surface area contributed by atoms with Gasteiger partial charge in [-0.2, -0.15) is 0 Å². The monoisotopic (exact) mass is 364 g/mol. The van der Waals surface area contributed by atoms with Gasteiger partial charge in [0.1, 0.15) is 5.70 Å². The van der Waals surface area contributed by atoms with Crippen molar-refractivity contribution >= 4 is 23.1 Å². The molecule has 1 aliphatic rings. The van der Waals surface area contributed by atoms with E-state index in [1.165, 1.54) is 4.90 Å². The number of methoxy groups -OCH3 is 1. The van der Waals surface area contributed by atoms with Crippen molar-refractivity contribution in [1.29, 1.82) is 0 Å². The van der Waals surface area contributed by atoms with E-state index in [4.69, 9.17) is 4.74 Å². The third-order valence-electron chi connectivity index (χ3n) is 4.66. The zero-order chi connectivity index (χ0) is 19.6. The van der Waals surface area contributed by atoms with E-state index in [0.29, 0.717) is 17.9 Å². The minimum absolute atomic E-state index is 0.224. The molecule has 2 aromatic carbocycles. The molecule has 0 unspecified atom stereocenters. The lowest BCUT2D eigenvalue weighted by Crippen LogP contribution is -2.35. The summed E-state index contributed by atoms with van der Waals surface area (Å²) in [6.07, 6.45) is 0. The Morgan fingerprint density at radius 1 is 0.926 bits per heavy atom. The third kappa shape index (κ3) is 3.78. The Balaban J connectivity index is 2.07. The molecule has 0 spiro atoms. The standard InChI is InChI=1S/C22H24N2O3/c1-14-5-8-17(9-6-14)23-20-19(18-10-7-15(2)13-16(18)3)21(25)24(22(20)26)11-12-27-4/h5-10,13,23H,11-12H2,1-4H3. The van der Waals surface area contributed by atoms with Crippen LogP contribution in [0.2, 0.25) is 0 Å². The smallest absolute Gasteiger partial charge is 0.278 e. The van der Waals surface area contributed by atoms with Gasteiger partial charge in [-0.1, -0.05) is 41.5 Å². The van der Waals surface area contributed by atoms with E-state index in [1.807, 2.05) is 63.2 Å². The van der Waals surface area contributed by atoms with Crippen LogP contribution in [0.5, 0.6) is 0 Å². The number of nitrogens with zero attached hydrogens (tertiary/aromatic N) is 1. The molecule has 2 amide bonds. The van der Waals surface area contributed by atoms with Crippen LogP contribution in [0.1, 0.15) is 22.3 Å². The van der Waals surface area contributed by atoms with Gasteiger partial charge in [0, 0.05) is 12.8 Å². The van der Waals surface area contributed by atoms with E-state index in [9.17, 15) is 9.59 Å². The molecular weight excluding hydrogens is 340 g/mol. The molecule has 0 saturated carbocycles. The van der Waals surface area contributed by atoms with E-state index in [1.54, 1.807) is 7.11 Å². The number of carbonyl (C=O) groups excluding carboxylic acids is 2. The van der Waals surface area contributed by atoms with Crippen LogP contribution in [0, 0.1) is 20.8 Å². The summed E-state index contributed by atoms with van der Waals surface area (Å²) >= 11 is 0. The summed E-state index contributed by atoms with van der Waals surface area (Å²) in [7, 11) is 1.55. The quantitative estimate of drug-likeness (QED) is 0.798. The van der Waals surface area contributed by atoms with E-state index in [-0.39, 0.29) is 18.4 Å². The molecule has 0 aliphatic carbocycles. The first-order chi connectivity index (χ1) is 12.9.